The molecule has 2 aliphatic carbocycles. The number of benzene rings is 4. The summed E-state index contributed by atoms with van der Waals surface area (Å²) in [6, 6.07) is 26.1. The smallest absolute Gasteiger partial charge is 0.410 e. The molecule has 2 fully saturated rings. The molecule has 2 heterocycles. The minimum absolute atomic E-state index is 0.0155. The Balaban J connectivity index is 1.28. The number of rotatable bonds is 24. The summed E-state index contributed by atoms with van der Waals surface area (Å²) in [7, 11) is 0. The molecule has 4 aromatic carbocycles. The topological polar surface area (TPSA) is 181 Å². The van der Waals surface area contributed by atoms with Crippen LogP contribution in [0.25, 0.3) is 0 Å². The summed E-state index contributed by atoms with van der Waals surface area (Å²) in [5.74, 6) is -2.10. The molecule has 0 aromatic heterocycles. The Morgan fingerprint density at radius 3 is 2.46 bits per heavy atom. The van der Waals surface area contributed by atoms with Gasteiger partial charge in [0.1, 0.15) is 35.7 Å². The Hall–Kier alpha value is -6.17. The molecule has 15 nitrogen and oxygen atoms in total. The fraction of sp³-hybridized carbons (Fsp3) is 0.455. The molecular formula is C55H64FN3O12. The van der Waals surface area contributed by atoms with Gasteiger partial charge >= 0.3 is 6.09 Å². The lowest BCUT2D eigenvalue weighted by atomic mass is 9.55. The number of non-ortho nitro benzene ring substituents is 1. The minimum atomic E-state index is -1.63. The van der Waals surface area contributed by atoms with E-state index < -0.39 is 46.8 Å². The van der Waals surface area contributed by atoms with Crippen LogP contribution in [0.4, 0.5) is 14.9 Å². The van der Waals surface area contributed by atoms with Crippen LogP contribution >= 0.6 is 0 Å². The fourth-order valence-electron chi connectivity index (χ4n) is 10.5. The monoisotopic (exact) mass is 977 g/mol. The van der Waals surface area contributed by atoms with Crippen molar-refractivity contribution in [3.63, 3.8) is 0 Å². The third-order valence-electron chi connectivity index (χ3n) is 13.8. The Morgan fingerprint density at radius 2 is 1.72 bits per heavy atom. The quantitative estimate of drug-likeness (QED) is 0.0294. The number of nitro benzene ring substituents is 1. The second-order valence-electron chi connectivity index (χ2n) is 18.4. The minimum Gasteiger partial charge on any atom is -0.459 e. The average molecular weight is 978 g/mol. The standard InChI is InChI=1S/C55H64FN3O12/c1-2-28-68-55-50(58(36-38-20-22-41(56)23-21-38)54(62)67-31-30-65-37-39-13-4-3-5-14-39)35-48(57-71-51-19-8-11-29-66-51)46-32-40(15-6-9-26-60)45(18-7-10-27-61)52(53(46)55)47-34-44(24-25-49(47)70-55)69-43-17-12-16-42(33-43)59(63)64/h2-5,12-14,16-17,20-25,32-34,40,45,50-53,60-61H,1,6-11,15,18-19,26-31,35-37H2. The molecule has 7 unspecified atom stereocenters. The first kappa shape index (κ1) is 51.2. The molecule has 8 rings (SSSR count). The van der Waals surface area contributed by atoms with Gasteiger partial charge in [-0.2, -0.15) is 0 Å². The third kappa shape index (κ3) is 12.5. The van der Waals surface area contributed by atoms with Gasteiger partial charge in [-0.1, -0.05) is 78.7 Å². The predicted molar refractivity (Wildman–Crippen MR) is 262 cm³/mol. The highest BCUT2D eigenvalue weighted by molar-refractivity contribution is 6.03. The van der Waals surface area contributed by atoms with Crippen LogP contribution in [0, 0.1) is 33.7 Å². The highest BCUT2D eigenvalue weighted by atomic mass is 19.1. The summed E-state index contributed by atoms with van der Waals surface area (Å²) in [5, 5.41) is 36.7. The van der Waals surface area contributed by atoms with Crippen LogP contribution in [-0.4, -0.2) is 89.6 Å². The number of hydrogen-bond acceptors (Lipinski definition) is 13. The number of aliphatic hydroxyl groups is 2. The van der Waals surface area contributed by atoms with Crippen molar-refractivity contribution in [2.75, 3.05) is 39.6 Å². The number of hydrogen-bond donors (Lipinski definition) is 2. The van der Waals surface area contributed by atoms with Gasteiger partial charge in [-0.05, 0) is 103 Å². The number of carbonyl (C=O) groups excluding carboxylic acids is 1. The predicted octanol–water partition coefficient (Wildman–Crippen LogP) is 10.5. The lowest BCUT2D eigenvalue weighted by Gasteiger charge is -2.59. The van der Waals surface area contributed by atoms with Crippen molar-refractivity contribution in [3.8, 4) is 17.2 Å². The van der Waals surface area contributed by atoms with Crippen LogP contribution in [0.3, 0.4) is 0 Å². The number of amides is 1. The Morgan fingerprint density at radius 1 is 0.930 bits per heavy atom. The molecule has 2 N–H and O–H groups in total. The van der Waals surface area contributed by atoms with Gasteiger partial charge in [0.05, 0.1) is 49.0 Å². The first-order valence-corrected chi connectivity index (χ1v) is 24.8. The van der Waals surface area contributed by atoms with Crippen LogP contribution in [0.5, 0.6) is 17.2 Å². The molecule has 16 heteroatoms. The number of aliphatic hydroxyl groups excluding tert-OH is 2. The molecular weight excluding hydrogens is 914 g/mol. The van der Waals surface area contributed by atoms with Crippen molar-refractivity contribution in [1.29, 1.82) is 0 Å². The van der Waals surface area contributed by atoms with Gasteiger partial charge in [-0.3, -0.25) is 15.0 Å². The summed E-state index contributed by atoms with van der Waals surface area (Å²) >= 11 is 0. The molecule has 1 saturated heterocycles. The zero-order valence-electron chi connectivity index (χ0n) is 40.0. The number of carbonyl (C=O) groups is 1. The molecule has 1 saturated carbocycles. The first-order chi connectivity index (χ1) is 34.7. The van der Waals surface area contributed by atoms with Crippen LogP contribution in [0.15, 0.2) is 127 Å². The molecule has 0 bridgehead atoms. The third-order valence-corrected chi connectivity index (χ3v) is 13.8. The molecule has 0 spiro atoms. The molecule has 4 aliphatic rings. The summed E-state index contributed by atoms with van der Waals surface area (Å²) in [5.41, 5.74) is 3.66. The van der Waals surface area contributed by atoms with Gasteiger partial charge < -0.3 is 43.5 Å². The lowest BCUT2D eigenvalue weighted by molar-refractivity contribution is -0.384. The largest absolute Gasteiger partial charge is 0.459 e. The second-order valence-corrected chi connectivity index (χ2v) is 18.4. The van der Waals surface area contributed by atoms with Crippen molar-refractivity contribution in [3.05, 3.63) is 154 Å². The summed E-state index contributed by atoms with van der Waals surface area (Å²) < 4.78 is 53.3. The summed E-state index contributed by atoms with van der Waals surface area (Å²) in [6.45, 7) is 4.99. The van der Waals surface area contributed by atoms with Gasteiger partial charge in [0, 0.05) is 50.1 Å². The van der Waals surface area contributed by atoms with E-state index >= 15 is 0 Å². The number of nitro groups is 1. The van der Waals surface area contributed by atoms with Crippen LogP contribution in [0.2, 0.25) is 0 Å². The average Bonchev–Trinajstić information content (AvgIpc) is 3.39. The van der Waals surface area contributed by atoms with E-state index in [1.165, 1.54) is 24.3 Å². The normalized spacial score (nSPS) is 23.9. The second kappa shape index (κ2) is 24.8. The van der Waals surface area contributed by atoms with Gasteiger partial charge in [0.2, 0.25) is 12.1 Å². The maximum atomic E-state index is 15.0. The van der Waals surface area contributed by atoms with Crippen molar-refractivity contribution in [2.24, 2.45) is 22.9 Å². The van der Waals surface area contributed by atoms with Crippen LogP contribution in [0.1, 0.15) is 86.8 Å². The number of nitrogens with zero attached hydrogens (tertiary/aromatic N) is 3. The van der Waals surface area contributed by atoms with E-state index in [2.05, 4.69) is 12.7 Å². The van der Waals surface area contributed by atoms with Crippen LogP contribution < -0.4 is 9.47 Å². The molecule has 378 valence electrons. The molecule has 7 atom stereocenters. The van der Waals surface area contributed by atoms with Crippen molar-refractivity contribution in [1.82, 2.24) is 4.90 Å². The number of unbranched alkanes of at least 4 members (excludes halogenated alkanes) is 2. The maximum Gasteiger partial charge on any atom is 0.410 e. The number of fused-ring (bicyclic) bond motifs is 2. The highest BCUT2D eigenvalue weighted by Crippen LogP contribution is 2.62. The zero-order valence-corrected chi connectivity index (χ0v) is 40.0. The van der Waals surface area contributed by atoms with E-state index in [4.69, 9.17) is 38.4 Å². The summed E-state index contributed by atoms with van der Waals surface area (Å²) in [6.07, 6.45) is 9.20. The van der Waals surface area contributed by atoms with Crippen molar-refractivity contribution in [2.45, 2.75) is 101 Å². The van der Waals surface area contributed by atoms with Gasteiger partial charge in [0.15, 0.2) is 0 Å². The van der Waals surface area contributed by atoms with E-state index in [1.807, 2.05) is 36.4 Å². The maximum absolute atomic E-state index is 15.0. The Labute approximate surface area is 413 Å². The molecule has 2 aliphatic heterocycles. The summed E-state index contributed by atoms with van der Waals surface area (Å²) in [4.78, 5) is 34.1. The molecule has 0 radical (unpaired) electrons. The van der Waals surface area contributed by atoms with Crippen molar-refractivity contribution < 1.29 is 57.6 Å². The van der Waals surface area contributed by atoms with Crippen molar-refractivity contribution >= 4 is 17.5 Å². The lowest BCUT2D eigenvalue weighted by Crippen LogP contribution is -2.70. The van der Waals surface area contributed by atoms with Gasteiger partial charge in [-0.15, -0.1) is 6.58 Å². The Kier molecular flexibility index (Phi) is 17.9. The number of allylic oxidation sites excluding steroid dienone is 1. The SMILES string of the molecule is C=CCOC12Oc3ccc(Oc4cccc([N+](=O)[O-])c4)cc3C3C(CCCCO)C(CCCCO)C=C(C(=NOC4CCCCO4)CC1N(Cc1ccc(F)cc1)C(=O)OCCOCc1ccccc1)C32. The van der Waals surface area contributed by atoms with E-state index in [1.54, 1.807) is 47.4 Å². The van der Waals surface area contributed by atoms with E-state index in [0.717, 1.165) is 42.4 Å². The van der Waals surface area contributed by atoms with Crippen LogP contribution in [-0.2, 0) is 36.9 Å². The first-order valence-electron chi connectivity index (χ1n) is 24.8. The Bertz CT molecular complexity index is 2470. The van der Waals surface area contributed by atoms with Gasteiger partial charge in [-0.25, -0.2) is 9.18 Å². The number of halogens is 1. The van der Waals surface area contributed by atoms with E-state index in [9.17, 15) is 29.5 Å². The van der Waals surface area contributed by atoms with Gasteiger partial charge in [0.25, 0.3) is 5.69 Å². The highest BCUT2D eigenvalue weighted by Gasteiger charge is 2.66. The van der Waals surface area contributed by atoms with E-state index in [-0.39, 0.29) is 69.3 Å². The zero-order chi connectivity index (χ0) is 49.6. The number of oxime groups is 1. The molecule has 1 amide bonds. The van der Waals surface area contributed by atoms with E-state index in [0.29, 0.717) is 68.1 Å². The number of ether oxygens (including phenoxy) is 6. The molecule has 71 heavy (non-hydrogen) atoms. The fourth-order valence-corrected chi connectivity index (χ4v) is 10.5. The molecule has 4 aromatic rings.